The first kappa shape index (κ1) is 16.0. The molecule has 0 aliphatic carbocycles. The number of aromatic nitrogens is 3. The summed E-state index contributed by atoms with van der Waals surface area (Å²) in [6.45, 7) is 5.27. The van der Waals surface area contributed by atoms with Gasteiger partial charge in [-0.25, -0.2) is 9.78 Å². The van der Waals surface area contributed by atoms with Gasteiger partial charge in [0.2, 0.25) is 0 Å². The molecule has 22 heavy (non-hydrogen) atoms. The summed E-state index contributed by atoms with van der Waals surface area (Å²) in [5.74, 6) is -0.382. The number of nitrogens with two attached hydrogens (primary N) is 1. The van der Waals surface area contributed by atoms with Gasteiger partial charge in [0.15, 0.2) is 5.65 Å². The van der Waals surface area contributed by atoms with Crippen LogP contribution in [-0.2, 0) is 4.74 Å². The lowest BCUT2D eigenvalue weighted by atomic mass is 10.2. The molecule has 2 rings (SSSR count). The van der Waals surface area contributed by atoms with Crippen molar-refractivity contribution in [2.45, 2.75) is 26.4 Å². The molecule has 0 atom stereocenters. The second kappa shape index (κ2) is 5.45. The van der Waals surface area contributed by atoms with Crippen molar-refractivity contribution in [3.05, 3.63) is 23.0 Å². The molecule has 8 nitrogen and oxygen atoms in total. The van der Waals surface area contributed by atoms with Crippen LogP contribution in [0.5, 0.6) is 0 Å². The van der Waals surface area contributed by atoms with Crippen molar-refractivity contribution < 1.29 is 14.3 Å². The summed E-state index contributed by atoms with van der Waals surface area (Å²) in [5, 5.41) is 4.12. The zero-order chi connectivity index (χ0) is 16.7. The van der Waals surface area contributed by atoms with Gasteiger partial charge in [0, 0.05) is 13.1 Å². The van der Waals surface area contributed by atoms with Crippen LogP contribution in [0.4, 0.5) is 10.6 Å². The number of carbonyl (C=O) groups excluding carboxylic acids is 2. The Balaban J connectivity index is 2.51. The molecule has 2 heterocycles. The molecule has 0 spiro atoms. The van der Waals surface area contributed by atoms with Gasteiger partial charge in [-0.1, -0.05) is 11.6 Å². The maximum absolute atomic E-state index is 12.2. The fraction of sp³-hybridized carbons (Fsp3) is 0.385. The highest BCUT2D eigenvalue weighted by Crippen LogP contribution is 2.22. The van der Waals surface area contributed by atoms with Crippen LogP contribution in [0.15, 0.2) is 12.3 Å². The van der Waals surface area contributed by atoms with Crippen molar-refractivity contribution in [3.8, 4) is 0 Å². The van der Waals surface area contributed by atoms with E-state index in [1.165, 1.54) is 28.7 Å². The molecule has 0 unspecified atom stereocenters. The summed E-state index contributed by atoms with van der Waals surface area (Å²) < 4.78 is 6.59. The standard InChI is InChI=1S/C13H16ClN5O3/c1-13(2,3)22-12(21)18(4)9-5-8(14)17-11-7(10(15)20)6-16-19(9)11/h5-6H,1-4H3,(H2,15,20). The van der Waals surface area contributed by atoms with Gasteiger partial charge < -0.3 is 10.5 Å². The molecule has 0 fully saturated rings. The van der Waals surface area contributed by atoms with Gasteiger partial charge in [0.25, 0.3) is 5.91 Å². The molecule has 0 bridgehead atoms. The first-order chi connectivity index (χ1) is 10.1. The third-order valence-electron chi connectivity index (χ3n) is 2.70. The number of hydrogen-bond donors (Lipinski definition) is 1. The molecule has 0 aromatic carbocycles. The van der Waals surface area contributed by atoms with Gasteiger partial charge in [-0.2, -0.15) is 9.61 Å². The number of primary amides is 1. The topological polar surface area (TPSA) is 103 Å². The monoisotopic (exact) mass is 325 g/mol. The van der Waals surface area contributed by atoms with Crippen LogP contribution < -0.4 is 10.6 Å². The summed E-state index contributed by atoms with van der Waals surface area (Å²) in [7, 11) is 1.50. The lowest BCUT2D eigenvalue weighted by Gasteiger charge is -2.24. The van der Waals surface area contributed by atoms with Crippen LogP contribution in [0, 0.1) is 0 Å². The van der Waals surface area contributed by atoms with Crippen molar-refractivity contribution in [1.29, 1.82) is 0 Å². The Hall–Kier alpha value is -2.35. The predicted octanol–water partition coefficient (Wildman–Crippen LogP) is 1.85. The van der Waals surface area contributed by atoms with Gasteiger partial charge in [0.1, 0.15) is 22.1 Å². The fourth-order valence-electron chi connectivity index (χ4n) is 1.75. The van der Waals surface area contributed by atoms with Gasteiger partial charge in [-0.15, -0.1) is 0 Å². The van der Waals surface area contributed by atoms with Crippen LogP contribution in [0.2, 0.25) is 5.15 Å². The van der Waals surface area contributed by atoms with E-state index in [4.69, 9.17) is 22.1 Å². The highest BCUT2D eigenvalue weighted by molar-refractivity contribution is 6.30. The SMILES string of the molecule is CN(C(=O)OC(C)(C)C)c1cc(Cl)nc2c(C(N)=O)cnn12. The Bertz CT molecular complexity index is 750. The van der Waals surface area contributed by atoms with E-state index in [2.05, 4.69) is 10.1 Å². The number of anilines is 1. The normalized spacial score (nSPS) is 11.5. The molecular weight excluding hydrogens is 310 g/mol. The third-order valence-corrected chi connectivity index (χ3v) is 2.89. The van der Waals surface area contributed by atoms with Crippen LogP contribution in [0.25, 0.3) is 5.65 Å². The minimum absolute atomic E-state index is 0.0981. The van der Waals surface area contributed by atoms with E-state index in [0.29, 0.717) is 5.82 Å². The number of fused-ring (bicyclic) bond motifs is 1. The molecule has 118 valence electrons. The highest BCUT2D eigenvalue weighted by atomic mass is 35.5. The number of nitrogens with zero attached hydrogens (tertiary/aromatic N) is 4. The Morgan fingerprint density at radius 2 is 2.05 bits per heavy atom. The molecule has 2 aromatic heterocycles. The summed E-state index contributed by atoms with van der Waals surface area (Å²) in [4.78, 5) is 28.8. The first-order valence-corrected chi connectivity index (χ1v) is 6.79. The number of halogens is 1. The van der Waals surface area contributed by atoms with Gasteiger partial charge >= 0.3 is 6.09 Å². The zero-order valence-electron chi connectivity index (χ0n) is 12.6. The smallest absolute Gasteiger partial charge is 0.415 e. The van der Waals surface area contributed by atoms with E-state index in [0.717, 1.165) is 0 Å². The van der Waals surface area contributed by atoms with E-state index in [1.54, 1.807) is 20.8 Å². The minimum atomic E-state index is -0.685. The maximum Gasteiger partial charge on any atom is 0.415 e. The molecule has 0 saturated carbocycles. The van der Waals surface area contributed by atoms with Crippen molar-refractivity contribution >= 4 is 35.1 Å². The van der Waals surface area contributed by atoms with E-state index in [1.807, 2.05) is 0 Å². The molecule has 0 saturated heterocycles. The minimum Gasteiger partial charge on any atom is -0.443 e. The van der Waals surface area contributed by atoms with Crippen LogP contribution in [0.3, 0.4) is 0 Å². The molecule has 9 heteroatoms. The van der Waals surface area contributed by atoms with Gasteiger partial charge in [-0.05, 0) is 20.8 Å². The Kier molecular flexibility index (Phi) is 3.97. The van der Waals surface area contributed by atoms with Crippen LogP contribution in [-0.4, -0.2) is 39.2 Å². The van der Waals surface area contributed by atoms with Gasteiger partial charge in [-0.3, -0.25) is 9.69 Å². The second-order valence-corrected chi connectivity index (χ2v) is 6.02. The highest BCUT2D eigenvalue weighted by Gasteiger charge is 2.24. The lowest BCUT2D eigenvalue weighted by Crippen LogP contribution is -2.35. The predicted molar refractivity (Wildman–Crippen MR) is 81.2 cm³/mol. The summed E-state index contributed by atoms with van der Waals surface area (Å²) in [6.07, 6.45) is 0.681. The number of ether oxygens (including phenoxy) is 1. The summed E-state index contributed by atoms with van der Waals surface area (Å²) in [6, 6.07) is 1.44. The fourth-order valence-corrected chi connectivity index (χ4v) is 1.93. The third kappa shape index (κ3) is 3.11. The molecule has 2 aromatic rings. The number of rotatable bonds is 2. The number of amides is 2. The molecule has 0 radical (unpaired) electrons. The molecule has 2 amide bonds. The number of hydrogen-bond acceptors (Lipinski definition) is 5. The van der Waals surface area contributed by atoms with E-state index >= 15 is 0 Å². The maximum atomic E-state index is 12.2. The van der Waals surface area contributed by atoms with Crippen LogP contribution in [0.1, 0.15) is 31.1 Å². The molecule has 2 N–H and O–H groups in total. The summed E-state index contributed by atoms with van der Waals surface area (Å²) >= 11 is 5.96. The van der Waals surface area contributed by atoms with E-state index in [-0.39, 0.29) is 16.4 Å². The molecule has 0 aliphatic rings. The Morgan fingerprint density at radius 3 is 2.59 bits per heavy atom. The summed E-state index contributed by atoms with van der Waals surface area (Å²) in [5.41, 5.74) is 4.90. The van der Waals surface area contributed by atoms with Crippen molar-refractivity contribution in [3.63, 3.8) is 0 Å². The van der Waals surface area contributed by atoms with Gasteiger partial charge in [0.05, 0.1) is 6.20 Å². The zero-order valence-corrected chi connectivity index (χ0v) is 13.4. The van der Waals surface area contributed by atoms with E-state index in [9.17, 15) is 9.59 Å². The number of carbonyl (C=O) groups is 2. The largest absolute Gasteiger partial charge is 0.443 e. The lowest BCUT2D eigenvalue weighted by molar-refractivity contribution is 0.0587. The second-order valence-electron chi connectivity index (χ2n) is 5.63. The van der Waals surface area contributed by atoms with E-state index < -0.39 is 17.6 Å². The molecular formula is C13H16ClN5O3. The average molecular weight is 326 g/mol. The quantitative estimate of drug-likeness (QED) is 0.849. The Morgan fingerprint density at radius 1 is 1.41 bits per heavy atom. The first-order valence-electron chi connectivity index (χ1n) is 6.41. The molecule has 0 aliphatic heterocycles. The van der Waals surface area contributed by atoms with Crippen molar-refractivity contribution in [2.24, 2.45) is 5.73 Å². The van der Waals surface area contributed by atoms with Crippen molar-refractivity contribution in [1.82, 2.24) is 14.6 Å². The van der Waals surface area contributed by atoms with Crippen molar-refractivity contribution in [2.75, 3.05) is 11.9 Å². The Labute approximate surface area is 131 Å². The van der Waals surface area contributed by atoms with Crippen LogP contribution >= 0.6 is 11.6 Å². The average Bonchev–Trinajstić information content (AvgIpc) is 2.78.